The number of carbonyl (C=O) groups excluding carboxylic acids is 6. The van der Waals surface area contributed by atoms with Crippen LogP contribution in [0.3, 0.4) is 0 Å². The smallest absolute Gasteiger partial charge is 0.304 e. The molecule has 2 saturated heterocycles. The lowest BCUT2D eigenvalue weighted by Crippen LogP contribution is -2.65. The molecule has 0 bridgehead atoms. The summed E-state index contributed by atoms with van der Waals surface area (Å²) in [5.74, 6) is -7.22. The highest BCUT2D eigenvalue weighted by Gasteiger charge is 2.44. The summed E-state index contributed by atoms with van der Waals surface area (Å²) in [5.41, 5.74) is -0.110. The van der Waals surface area contributed by atoms with Crippen molar-refractivity contribution in [3.63, 3.8) is 0 Å². The van der Waals surface area contributed by atoms with Crippen LogP contribution in [0.15, 0.2) is 24.3 Å². The normalized spacial score (nSPS) is 27.7. The van der Waals surface area contributed by atoms with Gasteiger partial charge in [0, 0.05) is 18.4 Å². The van der Waals surface area contributed by atoms with Crippen molar-refractivity contribution in [1.29, 1.82) is 0 Å². The fourth-order valence-corrected chi connectivity index (χ4v) is 6.79. The summed E-state index contributed by atoms with van der Waals surface area (Å²) in [7, 11) is 0. The van der Waals surface area contributed by atoms with E-state index in [1.54, 1.807) is 44.7 Å². The van der Waals surface area contributed by atoms with Crippen LogP contribution < -0.4 is 26.6 Å². The van der Waals surface area contributed by atoms with E-state index in [1.165, 1.54) is 19.1 Å². The molecule has 16 nitrogen and oxygen atoms in total. The molecule has 0 unspecified atom stereocenters. The van der Waals surface area contributed by atoms with E-state index in [4.69, 9.17) is 0 Å². The Balaban J connectivity index is 2.16. The average molecular weight is 745 g/mol. The molecule has 0 aromatic heterocycles. The van der Waals surface area contributed by atoms with Gasteiger partial charge in [-0.15, -0.1) is 0 Å². The molecule has 1 aromatic rings. The van der Waals surface area contributed by atoms with Crippen molar-refractivity contribution in [3.8, 4) is 5.75 Å². The van der Waals surface area contributed by atoms with Crippen LogP contribution in [-0.2, 0) is 40.0 Å². The molecule has 1 aromatic carbocycles. The number of hydrogen-bond acceptors (Lipinski definition) is 10. The van der Waals surface area contributed by atoms with Gasteiger partial charge in [0.2, 0.25) is 29.5 Å². The van der Waals surface area contributed by atoms with Gasteiger partial charge in [-0.1, -0.05) is 26.0 Å². The standard InChI is InChI=1S/C37H56N6O10/c1-19(2)15-25-28(46)17-23(18-29(47)48)32(49)41-30(21(4)44)35(52)38-20(3)31(36(53)42-37(5,6)7)43-14-8-9-27(43)34(51)40-26(33(50)39-25)16-22-10-12-24(45)13-11-22/h10-13,19-21,23,25-27,30-31,44-45H,8-9,14-18H2,1-7H3,(H,38,52)(H,39,50)(H,40,51)(H,41,49)(H,42,53)(H,47,48)/t20-,21-,23+,25+,26+,27+,30+,31+/m1/s1. The van der Waals surface area contributed by atoms with Gasteiger partial charge in [0.15, 0.2) is 5.78 Å². The Kier molecular flexibility index (Phi) is 14.9. The summed E-state index contributed by atoms with van der Waals surface area (Å²) < 4.78 is 0. The number of Topliss-reactive ketones (excluding diaryl/α,β-unsaturated/α-hetero) is 1. The second-order valence-corrected chi connectivity index (χ2v) is 15.7. The summed E-state index contributed by atoms with van der Waals surface area (Å²) in [4.78, 5) is 96.7. The predicted molar refractivity (Wildman–Crippen MR) is 193 cm³/mol. The van der Waals surface area contributed by atoms with Gasteiger partial charge in [0.05, 0.1) is 36.6 Å². The molecule has 3 rings (SSSR count). The number of amides is 5. The number of carbonyl (C=O) groups is 7. The molecule has 2 heterocycles. The Labute approximate surface area is 310 Å². The molecule has 0 radical (unpaired) electrons. The highest BCUT2D eigenvalue weighted by molar-refractivity contribution is 5.97. The SMILES string of the molecule is CC(C)C[C@@H]1NC(=O)[C@H](Cc2ccc(O)cc2)NC(=O)[C@@H]2CCCN2[C@H](C(=O)NC(C)(C)C)[C@@H](C)NC(=O)[C@H]([C@@H](C)O)NC(=O)[C@H](CC(=O)O)CC1=O. The monoisotopic (exact) mass is 744 g/mol. The Bertz CT molecular complexity index is 1510. The number of aliphatic hydroxyl groups excluding tert-OH is 1. The third-order valence-electron chi connectivity index (χ3n) is 9.29. The molecule has 5 amide bonds. The third kappa shape index (κ3) is 12.5. The van der Waals surface area contributed by atoms with Gasteiger partial charge in [0.1, 0.15) is 23.9 Å². The van der Waals surface area contributed by atoms with E-state index in [-0.39, 0.29) is 31.1 Å². The van der Waals surface area contributed by atoms with Crippen molar-refractivity contribution in [2.45, 2.75) is 135 Å². The number of carboxylic acids is 1. The van der Waals surface area contributed by atoms with E-state index < -0.39 is 108 Å². The number of hydrogen-bond donors (Lipinski definition) is 8. The lowest BCUT2D eigenvalue weighted by molar-refractivity contribution is -0.143. The maximum atomic E-state index is 14.2. The first-order valence-electron chi connectivity index (χ1n) is 18.2. The zero-order valence-electron chi connectivity index (χ0n) is 31.6. The Morgan fingerprint density at radius 1 is 0.906 bits per heavy atom. The van der Waals surface area contributed by atoms with Crippen LogP contribution in [0.4, 0.5) is 0 Å². The van der Waals surface area contributed by atoms with E-state index in [0.717, 1.165) is 0 Å². The van der Waals surface area contributed by atoms with Crippen LogP contribution in [0.5, 0.6) is 5.75 Å². The van der Waals surface area contributed by atoms with E-state index >= 15 is 0 Å². The highest BCUT2D eigenvalue weighted by atomic mass is 16.4. The highest BCUT2D eigenvalue weighted by Crippen LogP contribution is 2.24. The molecule has 0 saturated carbocycles. The number of aliphatic carboxylic acids is 1. The lowest BCUT2D eigenvalue weighted by Gasteiger charge is -2.38. The third-order valence-corrected chi connectivity index (χ3v) is 9.29. The number of phenolic OH excluding ortho intramolecular Hbond substituents is 1. The average Bonchev–Trinajstić information content (AvgIpc) is 3.50. The van der Waals surface area contributed by atoms with Gasteiger partial charge in [-0.3, -0.25) is 38.5 Å². The summed E-state index contributed by atoms with van der Waals surface area (Å²) in [6, 6.07) is -0.945. The van der Waals surface area contributed by atoms with Crippen molar-refractivity contribution in [1.82, 2.24) is 31.5 Å². The van der Waals surface area contributed by atoms with Gasteiger partial charge in [0.25, 0.3) is 0 Å². The number of nitrogens with zero attached hydrogens (tertiary/aromatic N) is 1. The first-order valence-corrected chi connectivity index (χ1v) is 18.2. The predicted octanol–water partition coefficient (Wildman–Crippen LogP) is 0.132. The fourth-order valence-electron chi connectivity index (χ4n) is 6.79. The molecule has 0 aliphatic carbocycles. The number of phenols is 1. The number of aliphatic hydroxyl groups is 1. The number of rotatable bonds is 8. The molecule has 2 fully saturated rings. The van der Waals surface area contributed by atoms with E-state index in [0.29, 0.717) is 18.4 Å². The maximum absolute atomic E-state index is 14.2. The van der Waals surface area contributed by atoms with Gasteiger partial charge >= 0.3 is 5.97 Å². The molecule has 8 N–H and O–H groups in total. The number of aromatic hydroxyl groups is 1. The molecule has 53 heavy (non-hydrogen) atoms. The second-order valence-electron chi connectivity index (χ2n) is 15.7. The zero-order chi connectivity index (χ0) is 39.8. The Morgan fingerprint density at radius 2 is 1.53 bits per heavy atom. The molecular formula is C37H56N6O10. The molecule has 294 valence electrons. The van der Waals surface area contributed by atoms with Crippen molar-refractivity contribution in [3.05, 3.63) is 29.8 Å². The molecular weight excluding hydrogens is 688 g/mol. The lowest BCUT2D eigenvalue weighted by atomic mass is 9.90. The summed E-state index contributed by atoms with van der Waals surface area (Å²) >= 11 is 0. The van der Waals surface area contributed by atoms with Crippen LogP contribution in [-0.4, -0.2) is 116 Å². The topological polar surface area (TPSA) is 244 Å². The van der Waals surface area contributed by atoms with Crippen molar-refractivity contribution in [2.24, 2.45) is 11.8 Å². The van der Waals surface area contributed by atoms with Gasteiger partial charge < -0.3 is 41.9 Å². The number of nitrogens with one attached hydrogen (secondary N) is 5. The molecule has 16 heteroatoms. The quantitative estimate of drug-likeness (QED) is 0.178. The van der Waals surface area contributed by atoms with E-state index in [1.807, 2.05) is 13.8 Å². The van der Waals surface area contributed by atoms with Crippen LogP contribution in [0.25, 0.3) is 0 Å². The van der Waals surface area contributed by atoms with Crippen molar-refractivity contribution >= 4 is 41.3 Å². The minimum Gasteiger partial charge on any atom is -0.508 e. The van der Waals surface area contributed by atoms with Crippen LogP contribution >= 0.6 is 0 Å². The number of carboxylic acid groups (broad SMARTS) is 1. The molecule has 0 spiro atoms. The molecule has 8 atom stereocenters. The minimum atomic E-state index is -1.59. The summed E-state index contributed by atoms with van der Waals surface area (Å²) in [6.07, 6.45) is -1.93. The second kappa shape index (κ2) is 18.5. The number of benzene rings is 1. The number of ketones is 1. The molecule has 2 aliphatic rings. The Morgan fingerprint density at radius 3 is 2.09 bits per heavy atom. The van der Waals surface area contributed by atoms with E-state index in [2.05, 4.69) is 26.6 Å². The zero-order valence-corrected chi connectivity index (χ0v) is 31.6. The van der Waals surface area contributed by atoms with Crippen LogP contribution in [0.1, 0.15) is 86.1 Å². The molecule has 2 aliphatic heterocycles. The maximum Gasteiger partial charge on any atom is 0.304 e. The van der Waals surface area contributed by atoms with Crippen molar-refractivity contribution in [2.75, 3.05) is 6.54 Å². The van der Waals surface area contributed by atoms with Crippen molar-refractivity contribution < 1.29 is 48.9 Å². The number of fused-ring (bicyclic) bond motifs is 1. The van der Waals surface area contributed by atoms with Gasteiger partial charge in [-0.25, -0.2) is 0 Å². The van der Waals surface area contributed by atoms with E-state index in [9.17, 15) is 48.9 Å². The summed E-state index contributed by atoms with van der Waals surface area (Å²) in [6.45, 7) is 12.1. The van der Waals surface area contributed by atoms with Gasteiger partial charge in [-0.05, 0) is 84.0 Å². The van der Waals surface area contributed by atoms with Crippen LogP contribution in [0.2, 0.25) is 0 Å². The van der Waals surface area contributed by atoms with Gasteiger partial charge in [-0.2, -0.15) is 0 Å². The largest absolute Gasteiger partial charge is 0.508 e. The minimum absolute atomic E-state index is 0.00311. The first kappa shape index (κ1) is 42.8. The van der Waals surface area contributed by atoms with Crippen LogP contribution in [0, 0.1) is 11.8 Å². The summed E-state index contributed by atoms with van der Waals surface area (Å²) in [5, 5.41) is 43.7. The Hall–Kier alpha value is -4.57. The fraction of sp³-hybridized carbons (Fsp3) is 0.649. The first-order chi connectivity index (χ1) is 24.7.